The maximum absolute atomic E-state index is 6.56. The van der Waals surface area contributed by atoms with E-state index in [9.17, 15) is 0 Å². The van der Waals surface area contributed by atoms with Gasteiger partial charge >= 0.3 is 0 Å². The fraction of sp³-hybridized carbons (Fsp3) is 0.478. The van der Waals surface area contributed by atoms with Gasteiger partial charge in [-0.3, -0.25) is 4.90 Å². The Morgan fingerprint density at radius 2 is 1.57 bits per heavy atom. The zero-order valence-corrected chi connectivity index (χ0v) is 18.4. The zero-order valence-electron chi connectivity index (χ0n) is 18.4. The van der Waals surface area contributed by atoms with Gasteiger partial charge in [-0.1, -0.05) is 6.07 Å². The van der Waals surface area contributed by atoms with Crippen LogP contribution in [0.15, 0.2) is 24.3 Å². The molecule has 2 aromatic carbocycles. The average molecular weight is 415 g/mol. The molecule has 2 aliphatic rings. The Morgan fingerprint density at radius 3 is 2.20 bits per heavy atom. The van der Waals surface area contributed by atoms with Gasteiger partial charge in [0.25, 0.3) is 0 Å². The minimum atomic E-state index is -0.584. The summed E-state index contributed by atoms with van der Waals surface area (Å²) in [5.41, 5.74) is 4.26. The van der Waals surface area contributed by atoms with Crippen molar-refractivity contribution in [3.8, 4) is 23.0 Å². The molecule has 2 heterocycles. The van der Waals surface area contributed by atoms with Crippen LogP contribution >= 0.6 is 0 Å². The molecule has 2 aliphatic heterocycles. The molecule has 7 nitrogen and oxygen atoms in total. The first-order chi connectivity index (χ1) is 14.6. The van der Waals surface area contributed by atoms with Crippen LogP contribution < -0.4 is 18.9 Å². The van der Waals surface area contributed by atoms with E-state index in [0.717, 1.165) is 35.4 Å². The Bertz CT molecular complexity index is 930. The molecule has 7 heteroatoms. The van der Waals surface area contributed by atoms with Gasteiger partial charge in [-0.05, 0) is 48.4 Å². The van der Waals surface area contributed by atoms with Gasteiger partial charge in [0.1, 0.15) is 6.10 Å². The first-order valence-electron chi connectivity index (χ1n) is 9.95. The monoisotopic (exact) mass is 415 g/mol. The summed E-state index contributed by atoms with van der Waals surface area (Å²) in [6, 6.07) is 8.11. The second kappa shape index (κ2) is 8.34. The van der Waals surface area contributed by atoms with E-state index in [4.69, 9.17) is 28.4 Å². The predicted octanol–water partition coefficient (Wildman–Crippen LogP) is 3.67. The summed E-state index contributed by atoms with van der Waals surface area (Å²) >= 11 is 0. The van der Waals surface area contributed by atoms with Crippen LogP contribution in [0.5, 0.6) is 23.0 Å². The Labute approximate surface area is 177 Å². The number of methoxy groups -OCH3 is 5. The van der Waals surface area contributed by atoms with Crippen molar-refractivity contribution in [2.75, 3.05) is 49.1 Å². The third-order valence-electron chi connectivity index (χ3n) is 6.10. The molecule has 162 valence electrons. The molecule has 0 radical (unpaired) electrons. The molecule has 0 bridgehead atoms. The molecule has 0 saturated carbocycles. The number of ether oxygens (including phenoxy) is 6. The van der Waals surface area contributed by atoms with Gasteiger partial charge in [0.2, 0.25) is 0 Å². The Balaban J connectivity index is 1.92. The summed E-state index contributed by atoms with van der Waals surface area (Å²) in [6.45, 7) is 0.873. The van der Waals surface area contributed by atoms with Crippen LogP contribution in [0.1, 0.15) is 40.7 Å². The molecule has 30 heavy (non-hydrogen) atoms. The van der Waals surface area contributed by atoms with E-state index in [1.165, 1.54) is 5.56 Å². The van der Waals surface area contributed by atoms with E-state index in [1.54, 1.807) is 35.5 Å². The zero-order chi connectivity index (χ0) is 21.4. The number of nitrogens with zero attached hydrogens (tertiary/aromatic N) is 1. The quantitative estimate of drug-likeness (QED) is 0.739. The lowest BCUT2D eigenvalue weighted by molar-refractivity contribution is -0.190. The molecule has 0 aromatic heterocycles. The second-order valence-corrected chi connectivity index (χ2v) is 7.51. The van der Waals surface area contributed by atoms with Crippen molar-refractivity contribution in [3.05, 3.63) is 46.5 Å². The van der Waals surface area contributed by atoms with Crippen molar-refractivity contribution < 1.29 is 28.4 Å². The molecule has 1 unspecified atom stereocenters. The van der Waals surface area contributed by atoms with Gasteiger partial charge in [-0.2, -0.15) is 0 Å². The maximum atomic E-state index is 6.56. The van der Waals surface area contributed by atoms with Crippen molar-refractivity contribution in [2.45, 2.75) is 24.9 Å². The summed E-state index contributed by atoms with van der Waals surface area (Å²) in [5, 5.41) is 0. The number of benzene rings is 2. The summed E-state index contributed by atoms with van der Waals surface area (Å²) in [6.07, 6.45) is 0.0598. The summed E-state index contributed by atoms with van der Waals surface area (Å²) in [5.74, 6) is 2.72. The second-order valence-electron chi connectivity index (χ2n) is 7.51. The third-order valence-corrected chi connectivity index (χ3v) is 6.10. The van der Waals surface area contributed by atoms with Crippen molar-refractivity contribution in [2.24, 2.45) is 0 Å². The van der Waals surface area contributed by atoms with Crippen LogP contribution in [0, 0.1) is 0 Å². The largest absolute Gasteiger partial charge is 0.493 e. The van der Waals surface area contributed by atoms with Gasteiger partial charge in [0, 0.05) is 13.7 Å². The number of hydrogen-bond donors (Lipinski definition) is 0. The number of rotatable bonds is 5. The predicted molar refractivity (Wildman–Crippen MR) is 112 cm³/mol. The molecule has 0 saturated heterocycles. The fourth-order valence-electron chi connectivity index (χ4n) is 4.65. The highest BCUT2D eigenvalue weighted by molar-refractivity contribution is 5.55. The number of fused-ring (bicyclic) bond motifs is 5. The molecule has 0 spiro atoms. The van der Waals surface area contributed by atoms with Crippen LogP contribution in [0.3, 0.4) is 0 Å². The first-order valence-corrected chi connectivity index (χ1v) is 9.95. The lowest BCUT2D eigenvalue weighted by Gasteiger charge is -2.41. The summed E-state index contributed by atoms with van der Waals surface area (Å²) < 4.78 is 34.7. The van der Waals surface area contributed by atoms with Gasteiger partial charge in [0.05, 0.1) is 40.0 Å². The topological polar surface area (TPSA) is 58.6 Å². The van der Waals surface area contributed by atoms with E-state index >= 15 is 0 Å². The first kappa shape index (κ1) is 20.8. The van der Waals surface area contributed by atoms with Gasteiger partial charge in [-0.15, -0.1) is 0 Å². The third kappa shape index (κ3) is 3.17. The van der Waals surface area contributed by atoms with Gasteiger partial charge in [0.15, 0.2) is 29.3 Å². The molecule has 0 N–H and O–H groups in total. The number of likely N-dealkylation sites (N-methyl/N-ethyl adjacent to an activating group) is 1. The standard InChI is InChI=1S/C23H29NO6/c1-24-10-9-13-11-17(26-3)18(27-4)12-15(13)21-20(24)14-7-8-16(25-2)22(28-5)19(14)23(29-6)30-21/h7-8,11-12,20-21,23H,9-10H2,1-6H3/t20-,21-,23?/m1/s1. The summed E-state index contributed by atoms with van der Waals surface area (Å²) in [4.78, 5) is 2.32. The van der Waals surface area contributed by atoms with E-state index in [2.05, 4.69) is 24.1 Å². The molecule has 4 rings (SSSR count). The highest BCUT2D eigenvalue weighted by Crippen LogP contribution is 2.54. The molecule has 0 aliphatic carbocycles. The Kier molecular flexibility index (Phi) is 5.77. The van der Waals surface area contributed by atoms with Crippen LogP contribution in [0.25, 0.3) is 0 Å². The normalized spacial score (nSPS) is 22.9. The van der Waals surface area contributed by atoms with E-state index < -0.39 is 6.29 Å². The Morgan fingerprint density at radius 1 is 0.867 bits per heavy atom. The minimum absolute atomic E-state index is 0.00874. The van der Waals surface area contributed by atoms with Gasteiger partial charge < -0.3 is 28.4 Å². The van der Waals surface area contributed by atoms with Crippen molar-refractivity contribution >= 4 is 0 Å². The minimum Gasteiger partial charge on any atom is -0.493 e. The molecule has 3 atom stereocenters. The Hall–Kier alpha value is -2.48. The van der Waals surface area contributed by atoms with Gasteiger partial charge in [-0.25, -0.2) is 0 Å². The van der Waals surface area contributed by atoms with E-state index in [0.29, 0.717) is 17.2 Å². The lowest BCUT2D eigenvalue weighted by Crippen LogP contribution is -2.35. The summed E-state index contributed by atoms with van der Waals surface area (Å²) in [7, 11) is 10.3. The van der Waals surface area contributed by atoms with Crippen LogP contribution in [0.4, 0.5) is 0 Å². The fourth-order valence-corrected chi connectivity index (χ4v) is 4.65. The smallest absolute Gasteiger partial charge is 0.188 e. The molecule has 0 amide bonds. The molecule has 2 aromatic rings. The van der Waals surface area contributed by atoms with Crippen molar-refractivity contribution in [1.82, 2.24) is 4.90 Å². The lowest BCUT2D eigenvalue weighted by atomic mass is 9.87. The average Bonchev–Trinajstić information content (AvgIpc) is 2.92. The van der Waals surface area contributed by atoms with Crippen LogP contribution in [-0.4, -0.2) is 54.0 Å². The van der Waals surface area contributed by atoms with Crippen molar-refractivity contribution in [1.29, 1.82) is 0 Å². The number of hydrogen-bond acceptors (Lipinski definition) is 7. The van der Waals surface area contributed by atoms with Crippen molar-refractivity contribution in [3.63, 3.8) is 0 Å². The molecular formula is C23H29NO6. The van der Waals surface area contributed by atoms with E-state index in [1.807, 2.05) is 12.1 Å². The van der Waals surface area contributed by atoms with Crippen LogP contribution in [-0.2, 0) is 15.9 Å². The SMILES string of the molecule is COc1cc2c(cc1OC)[C@H]1OC(OC)c3c(ccc(OC)c3OC)[C@H]1N(C)CC2. The highest BCUT2D eigenvalue weighted by Gasteiger charge is 2.43. The molecule has 0 fully saturated rings. The van der Waals surface area contributed by atoms with Crippen LogP contribution in [0.2, 0.25) is 0 Å². The maximum Gasteiger partial charge on any atom is 0.188 e. The highest BCUT2D eigenvalue weighted by atomic mass is 16.7. The molecular weight excluding hydrogens is 386 g/mol. The van der Waals surface area contributed by atoms with E-state index in [-0.39, 0.29) is 12.1 Å².